The van der Waals surface area contributed by atoms with Crippen LogP contribution in [0.3, 0.4) is 0 Å². The van der Waals surface area contributed by atoms with Gasteiger partial charge in [0, 0.05) is 42.3 Å². The van der Waals surface area contributed by atoms with Gasteiger partial charge in [-0.1, -0.05) is 19.9 Å². The molecule has 1 saturated carbocycles. The SMILES string of the molecule is CC(C)Cc1nc(Nc2cc(C3CC3)[nH]n2)nc(N2CCCC2c2ccc(F)cc2F)n1. The molecule has 1 aromatic carbocycles. The molecule has 0 radical (unpaired) electrons. The highest BCUT2D eigenvalue weighted by molar-refractivity contribution is 5.51. The second-order valence-corrected chi connectivity index (χ2v) is 9.10. The maximum atomic E-state index is 14.5. The summed E-state index contributed by atoms with van der Waals surface area (Å²) in [6.07, 6.45) is 4.69. The van der Waals surface area contributed by atoms with Crippen LogP contribution in [0.4, 0.5) is 26.5 Å². The highest BCUT2D eigenvalue weighted by Crippen LogP contribution is 2.40. The van der Waals surface area contributed by atoms with E-state index in [2.05, 4.69) is 39.3 Å². The number of aromatic amines is 1. The minimum atomic E-state index is -0.578. The molecule has 32 heavy (non-hydrogen) atoms. The number of nitrogens with one attached hydrogen (secondary N) is 2. The molecule has 2 fully saturated rings. The molecule has 1 atom stereocenters. The van der Waals surface area contributed by atoms with Crippen LogP contribution in [0.2, 0.25) is 0 Å². The van der Waals surface area contributed by atoms with Crippen LogP contribution in [-0.4, -0.2) is 31.7 Å². The molecule has 0 amide bonds. The Morgan fingerprint density at radius 2 is 1.97 bits per heavy atom. The van der Waals surface area contributed by atoms with Gasteiger partial charge in [-0.15, -0.1) is 0 Å². The van der Waals surface area contributed by atoms with Gasteiger partial charge in [0.25, 0.3) is 0 Å². The van der Waals surface area contributed by atoms with Crippen molar-refractivity contribution in [3.8, 4) is 0 Å². The molecular formula is C23H27F2N7. The molecule has 0 bridgehead atoms. The highest BCUT2D eigenvalue weighted by atomic mass is 19.1. The van der Waals surface area contributed by atoms with Crippen LogP contribution in [0, 0.1) is 17.6 Å². The summed E-state index contributed by atoms with van der Waals surface area (Å²) in [6.45, 7) is 4.91. The fraction of sp³-hybridized carbons (Fsp3) is 0.478. The van der Waals surface area contributed by atoms with Crippen molar-refractivity contribution in [3.63, 3.8) is 0 Å². The van der Waals surface area contributed by atoms with Crippen molar-refractivity contribution in [1.29, 1.82) is 0 Å². The van der Waals surface area contributed by atoms with Crippen LogP contribution < -0.4 is 10.2 Å². The first-order valence-corrected chi connectivity index (χ1v) is 11.2. The first kappa shape index (κ1) is 20.8. The van der Waals surface area contributed by atoms with E-state index in [0.717, 1.165) is 24.6 Å². The van der Waals surface area contributed by atoms with E-state index in [1.807, 2.05) is 11.0 Å². The molecule has 3 aromatic rings. The van der Waals surface area contributed by atoms with E-state index in [-0.39, 0.29) is 6.04 Å². The predicted molar refractivity (Wildman–Crippen MR) is 118 cm³/mol. The molecule has 5 rings (SSSR count). The number of rotatable bonds is 7. The number of aromatic nitrogens is 5. The van der Waals surface area contributed by atoms with Crippen LogP contribution in [0.5, 0.6) is 0 Å². The minimum absolute atomic E-state index is 0.246. The molecule has 1 aliphatic carbocycles. The van der Waals surface area contributed by atoms with Crippen molar-refractivity contribution in [1.82, 2.24) is 25.1 Å². The number of hydrogen-bond acceptors (Lipinski definition) is 6. The van der Waals surface area contributed by atoms with E-state index in [4.69, 9.17) is 4.98 Å². The Morgan fingerprint density at radius 3 is 2.72 bits per heavy atom. The Morgan fingerprint density at radius 1 is 1.12 bits per heavy atom. The summed E-state index contributed by atoms with van der Waals surface area (Å²) < 4.78 is 28.0. The zero-order chi connectivity index (χ0) is 22.2. The van der Waals surface area contributed by atoms with E-state index in [1.54, 1.807) is 0 Å². The molecule has 1 aliphatic heterocycles. The summed E-state index contributed by atoms with van der Waals surface area (Å²) in [5.74, 6) is 2.09. The Kier molecular flexibility index (Phi) is 5.48. The maximum Gasteiger partial charge on any atom is 0.233 e. The van der Waals surface area contributed by atoms with E-state index in [1.165, 1.54) is 25.0 Å². The molecular weight excluding hydrogens is 412 g/mol. The second-order valence-electron chi connectivity index (χ2n) is 9.10. The van der Waals surface area contributed by atoms with Gasteiger partial charge in [-0.3, -0.25) is 5.10 Å². The molecule has 9 heteroatoms. The van der Waals surface area contributed by atoms with Crippen LogP contribution in [0.15, 0.2) is 24.3 Å². The lowest BCUT2D eigenvalue weighted by Crippen LogP contribution is -2.26. The van der Waals surface area contributed by atoms with Gasteiger partial charge >= 0.3 is 0 Å². The second kappa shape index (κ2) is 8.44. The standard InChI is InChI=1S/C23H27F2N7/c1-13(2)10-20-26-22(27-21-12-18(30-31-21)14-5-6-14)29-23(28-20)32-9-3-4-19(32)16-8-7-15(24)11-17(16)25/h7-8,11-14,19H,3-6,9-10H2,1-2H3,(H2,26,27,28,29,30,31). The average molecular weight is 440 g/mol. The van der Waals surface area contributed by atoms with E-state index >= 15 is 0 Å². The minimum Gasteiger partial charge on any atom is -0.334 e. The number of halogens is 2. The molecule has 1 unspecified atom stereocenters. The van der Waals surface area contributed by atoms with Gasteiger partial charge in [0.15, 0.2) is 5.82 Å². The van der Waals surface area contributed by atoms with Gasteiger partial charge in [0.1, 0.15) is 17.5 Å². The summed E-state index contributed by atoms with van der Waals surface area (Å²) in [6, 6.07) is 5.51. The van der Waals surface area contributed by atoms with E-state index in [9.17, 15) is 8.78 Å². The van der Waals surface area contributed by atoms with Gasteiger partial charge in [0.05, 0.1) is 6.04 Å². The molecule has 1 saturated heterocycles. The van der Waals surface area contributed by atoms with Gasteiger partial charge in [-0.25, -0.2) is 8.78 Å². The zero-order valence-electron chi connectivity index (χ0n) is 18.3. The Bertz CT molecular complexity index is 1110. The monoisotopic (exact) mass is 439 g/mol. The van der Waals surface area contributed by atoms with Crippen LogP contribution in [0.25, 0.3) is 0 Å². The fourth-order valence-corrected chi connectivity index (χ4v) is 4.27. The number of anilines is 3. The average Bonchev–Trinajstić information content (AvgIpc) is 3.28. The van der Waals surface area contributed by atoms with Gasteiger partial charge in [-0.2, -0.15) is 20.1 Å². The third-order valence-electron chi connectivity index (χ3n) is 5.95. The zero-order valence-corrected chi connectivity index (χ0v) is 18.3. The maximum absolute atomic E-state index is 14.5. The summed E-state index contributed by atoms with van der Waals surface area (Å²) in [5, 5.41) is 10.6. The molecule has 7 nitrogen and oxygen atoms in total. The van der Waals surface area contributed by atoms with Gasteiger partial charge in [0.2, 0.25) is 11.9 Å². The van der Waals surface area contributed by atoms with Crippen LogP contribution >= 0.6 is 0 Å². The lowest BCUT2D eigenvalue weighted by atomic mass is 10.0. The quantitative estimate of drug-likeness (QED) is 0.537. The van der Waals surface area contributed by atoms with Crippen molar-refractivity contribution < 1.29 is 8.78 Å². The summed E-state index contributed by atoms with van der Waals surface area (Å²) in [4.78, 5) is 15.9. The molecule has 2 N–H and O–H groups in total. The fourth-order valence-electron chi connectivity index (χ4n) is 4.27. The number of hydrogen-bond donors (Lipinski definition) is 2. The highest BCUT2D eigenvalue weighted by Gasteiger charge is 2.31. The predicted octanol–water partition coefficient (Wildman–Crippen LogP) is 5.03. The molecule has 168 valence electrons. The number of H-pyrrole nitrogens is 1. The van der Waals surface area contributed by atoms with Crippen molar-refractivity contribution in [2.24, 2.45) is 5.92 Å². The summed E-state index contributed by atoms with van der Waals surface area (Å²) in [5.41, 5.74) is 1.58. The van der Waals surface area contributed by atoms with Crippen molar-refractivity contribution in [2.45, 2.75) is 57.9 Å². The van der Waals surface area contributed by atoms with Gasteiger partial charge in [-0.05, 0) is 37.7 Å². The molecule has 2 aliphatic rings. The number of nitrogens with zero attached hydrogens (tertiary/aromatic N) is 5. The van der Waals surface area contributed by atoms with Gasteiger partial charge < -0.3 is 10.2 Å². The Balaban J connectivity index is 1.46. The Labute approximate surface area is 185 Å². The Hall–Kier alpha value is -3.10. The number of benzene rings is 1. The van der Waals surface area contributed by atoms with E-state index in [0.29, 0.717) is 53.9 Å². The lowest BCUT2D eigenvalue weighted by Gasteiger charge is -2.26. The lowest BCUT2D eigenvalue weighted by molar-refractivity contribution is 0.551. The molecule has 0 spiro atoms. The van der Waals surface area contributed by atoms with Crippen LogP contribution in [-0.2, 0) is 6.42 Å². The normalized spacial score (nSPS) is 18.5. The molecule has 3 heterocycles. The van der Waals surface area contributed by atoms with Crippen LogP contribution in [0.1, 0.15) is 68.6 Å². The molecule has 2 aromatic heterocycles. The van der Waals surface area contributed by atoms with Crippen molar-refractivity contribution in [3.05, 3.63) is 53.0 Å². The topological polar surface area (TPSA) is 82.6 Å². The summed E-state index contributed by atoms with van der Waals surface area (Å²) >= 11 is 0. The largest absolute Gasteiger partial charge is 0.334 e. The smallest absolute Gasteiger partial charge is 0.233 e. The van der Waals surface area contributed by atoms with E-state index < -0.39 is 11.6 Å². The third kappa shape index (κ3) is 4.42. The first-order valence-electron chi connectivity index (χ1n) is 11.2. The van der Waals surface area contributed by atoms with Crippen molar-refractivity contribution >= 4 is 17.7 Å². The first-order chi connectivity index (χ1) is 15.5. The summed E-state index contributed by atoms with van der Waals surface area (Å²) in [7, 11) is 0. The third-order valence-corrected chi connectivity index (χ3v) is 5.95. The van der Waals surface area contributed by atoms with Crippen molar-refractivity contribution in [2.75, 3.05) is 16.8 Å².